The fraction of sp³-hybridized carbons (Fsp3) is 0.731. The number of aliphatic hydroxyl groups excluding tert-OH is 1. The Bertz CT molecular complexity index is 2260. The molecule has 0 unspecified atom stereocenters. The van der Waals surface area contributed by atoms with Crippen LogP contribution >= 0.6 is 0 Å². The molecular formula is C52H89N13O17. The number of hydrogen-bond donors (Lipinski definition) is 16. The summed E-state index contributed by atoms with van der Waals surface area (Å²) in [5.41, 5.74) is 0. The van der Waals surface area contributed by atoms with Crippen molar-refractivity contribution in [2.75, 3.05) is 32.8 Å². The number of hydrogen-bond acceptors (Lipinski definition) is 16. The fourth-order valence-electron chi connectivity index (χ4n) is 8.06. The van der Waals surface area contributed by atoms with Gasteiger partial charge in [0, 0.05) is 0 Å². The van der Waals surface area contributed by atoms with E-state index in [2.05, 4.69) is 69.1 Å². The largest absolute Gasteiger partial charge is 0.481 e. The second kappa shape index (κ2) is 36.1. The lowest BCUT2D eigenvalue weighted by molar-refractivity contribution is -0.143. The fourth-order valence-corrected chi connectivity index (χ4v) is 8.06. The molecule has 0 aromatic carbocycles. The zero-order chi connectivity index (χ0) is 62.7. The summed E-state index contributed by atoms with van der Waals surface area (Å²) >= 11 is 0. The van der Waals surface area contributed by atoms with Crippen LogP contribution in [0.2, 0.25) is 0 Å². The Morgan fingerprint density at radius 3 is 1.35 bits per heavy atom. The smallest absolute Gasteiger partial charge is 0.326 e. The highest BCUT2D eigenvalue weighted by atomic mass is 16.4. The van der Waals surface area contributed by atoms with Crippen molar-refractivity contribution in [3.63, 3.8) is 0 Å². The Labute approximate surface area is 477 Å². The molecule has 0 saturated carbocycles. The summed E-state index contributed by atoms with van der Waals surface area (Å²) in [6.45, 7) is 17.2. The van der Waals surface area contributed by atoms with Gasteiger partial charge in [-0.15, -0.1) is 0 Å². The Kier molecular flexibility index (Phi) is 31.9. The maximum Gasteiger partial charge on any atom is 0.326 e. The third kappa shape index (κ3) is 26.4. The van der Waals surface area contributed by atoms with E-state index in [1.807, 2.05) is 13.8 Å². The second-order valence-corrected chi connectivity index (χ2v) is 21.9. The Balaban J connectivity index is 2.87. The second-order valence-electron chi connectivity index (χ2n) is 21.9. The van der Waals surface area contributed by atoms with Gasteiger partial charge in [-0.25, -0.2) is 4.79 Å². The third-order valence-electron chi connectivity index (χ3n) is 13.0. The van der Waals surface area contributed by atoms with Crippen LogP contribution in [0.25, 0.3) is 0 Å². The van der Waals surface area contributed by atoms with E-state index in [1.54, 1.807) is 55.4 Å². The molecule has 30 heteroatoms. The molecular weight excluding hydrogens is 1080 g/mol. The van der Waals surface area contributed by atoms with Crippen molar-refractivity contribution in [2.24, 2.45) is 29.6 Å². The molecule has 1 aliphatic rings. The van der Waals surface area contributed by atoms with Gasteiger partial charge < -0.3 is 84.4 Å². The molecule has 0 aliphatic carbocycles. The molecule has 0 radical (unpaired) electrons. The monoisotopic (exact) mass is 1170 g/mol. The summed E-state index contributed by atoms with van der Waals surface area (Å²) < 4.78 is 0. The van der Waals surface area contributed by atoms with Gasteiger partial charge in [0.1, 0.15) is 54.4 Å². The van der Waals surface area contributed by atoms with E-state index in [0.717, 1.165) is 6.42 Å². The van der Waals surface area contributed by atoms with Crippen LogP contribution in [-0.2, 0) is 67.1 Å². The van der Waals surface area contributed by atoms with E-state index >= 15 is 0 Å². The highest BCUT2D eigenvalue weighted by Crippen LogP contribution is 2.12. The minimum absolute atomic E-state index is 0.0299. The first-order valence-electron chi connectivity index (χ1n) is 27.5. The van der Waals surface area contributed by atoms with Crippen molar-refractivity contribution in [1.82, 2.24) is 69.1 Å². The molecule has 1 rings (SSSR count). The topological polar surface area (TPSA) is 456 Å². The molecule has 1 heterocycles. The van der Waals surface area contributed by atoms with Crippen LogP contribution < -0.4 is 69.1 Å². The first kappa shape index (κ1) is 72.5. The lowest BCUT2D eigenvalue weighted by Gasteiger charge is -2.27. The van der Waals surface area contributed by atoms with Crippen molar-refractivity contribution < 1.29 is 82.4 Å². The summed E-state index contributed by atoms with van der Waals surface area (Å²) in [6.07, 6.45) is 1.26. The first-order valence-corrected chi connectivity index (χ1v) is 27.5. The minimum atomic E-state index is -1.84. The summed E-state index contributed by atoms with van der Waals surface area (Å²) in [4.78, 5) is 180. The van der Waals surface area contributed by atoms with Crippen molar-refractivity contribution in [1.29, 1.82) is 0 Å². The van der Waals surface area contributed by atoms with E-state index in [1.165, 1.54) is 13.8 Å². The molecule has 464 valence electrons. The summed E-state index contributed by atoms with van der Waals surface area (Å²) in [5, 5.41) is 60.6. The van der Waals surface area contributed by atoms with Crippen LogP contribution in [0.15, 0.2) is 0 Å². The molecule has 0 bridgehead atoms. The van der Waals surface area contributed by atoms with Gasteiger partial charge in [0.05, 0.1) is 38.7 Å². The minimum Gasteiger partial charge on any atom is -0.481 e. The van der Waals surface area contributed by atoms with Gasteiger partial charge in [0.2, 0.25) is 70.9 Å². The number of carbonyl (C=O) groups is 14. The first-order chi connectivity index (χ1) is 38.2. The van der Waals surface area contributed by atoms with Gasteiger partial charge in [-0.1, -0.05) is 75.7 Å². The van der Waals surface area contributed by atoms with E-state index in [9.17, 15) is 82.4 Å². The Morgan fingerprint density at radius 1 is 0.463 bits per heavy atom. The molecule has 16 N–H and O–H groups in total. The quantitative estimate of drug-likeness (QED) is 0.0281. The summed E-state index contributed by atoms with van der Waals surface area (Å²) in [6, 6.07) is -12.5. The van der Waals surface area contributed by atoms with Crippen molar-refractivity contribution in [3.8, 4) is 0 Å². The van der Waals surface area contributed by atoms with Crippen LogP contribution in [0.4, 0.5) is 0 Å². The van der Waals surface area contributed by atoms with Gasteiger partial charge in [-0.05, 0) is 75.7 Å². The number of carboxylic acids is 2. The molecule has 1 aliphatic heterocycles. The van der Waals surface area contributed by atoms with E-state index < -0.39 is 188 Å². The van der Waals surface area contributed by atoms with E-state index in [-0.39, 0.29) is 24.2 Å². The van der Waals surface area contributed by atoms with Crippen LogP contribution in [0.1, 0.15) is 122 Å². The average molecular weight is 1170 g/mol. The molecule has 12 amide bonds. The molecule has 0 aromatic rings. The van der Waals surface area contributed by atoms with Crippen molar-refractivity contribution in [3.05, 3.63) is 0 Å². The van der Waals surface area contributed by atoms with Gasteiger partial charge in [-0.3, -0.25) is 62.3 Å². The molecule has 11 atom stereocenters. The predicted octanol–water partition coefficient (Wildman–Crippen LogP) is -4.51. The van der Waals surface area contributed by atoms with Gasteiger partial charge in [0.25, 0.3) is 0 Å². The predicted molar refractivity (Wildman–Crippen MR) is 294 cm³/mol. The number of nitrogens with one attached hydrogen (secondary N) is 13. The number of rotatable bonds is 36. The highest BCUT2D eigenvalue weighted by molar-refractivity contribution is 5.99. The number of aliphatic carboxylic acids is 2. The maximum atomic E-state index is 13.5. The zero-order valence-corrected chi connectivity index (χ0v) is 49.0. The standard InChI is InChI=1S/C52H89N13O17/c1-13-28(10)42(65-44(73)30(12)57-47(76)32(17-24(2)3)60-46(75)31-15-14-16-53-31)50(79)56-22-37(68)63-40(26(6)7)49(78)55-21-38(69)64-41(27(8)9)51(80)58-29(11)43(72)62-35(23-66)48(77)61-33(19-39(70)71)45(74)54-20-36(67)59-34(52(81)82)18-25(4)5/h24-35,40-42,53,66H,13-23H2,1-12H3,(H,54,74)(H,55,78)(H,56,79)(H,57,76)(H,58,80)(H,59,67)(H,60,75)(H,61,77)(H,62,72)(H,63,68)(H,64,69)(H,65,73)(H,70,71)(H,81,82)/t28-,29-,30-,31-,32-,33-,34-,35-,40-,41-,42-/m0/s1. The summed E-state index contributed by atoms with van der Waals surface area (Å²) in [5.74, 6) is -14.6. The van der Waals surface area contributed by atoms with Gasteiger partial charge in [-0.2, -0.15) is 0 Å². The van der Waals surface area contributed by atoms with Crippen LogP contribution in [-0.4, -0.2) is 191 Å². The molecule has 0 spiro atoms. The Morgan fingerprint density at radius 2 is 0.902 bits per heavy atom. The van der Waals surface area contributed by atoms with Crippen LogP contribution in [0.5, 0.6) is 0 Å². The number of aliphatic hydroxyl groups is 1. The lowest BCUT2D eigenvalue weighted by Crippen LogP contribution is -2.60. The molecule has 30 nitrogen and oxygen atoms in total. The third-order valence-corrected chi connectivity index (χ3v) is 13.0. The summed E-state index contributed by atoms with van der Waals surface area (Å²) in [7, 11) is 0. The lowest BCUT2D eigenvalue weighted by atomic mass is 9.97. The van der Waals surface area contributed by atoms with Crippen LogP contribution in [0.3, 0.4) is 0 Å². The average Bonchev–Trinajstić information content (AvgIpc) is 3.99. The number of amides is 12. The Hall–Kier alpha value is -7.50. The molecule has 0 aromatic heterocycles. The molecule has 1 fully saturated rings. The van der Waals surface area contributed by atoms with Crippen molar-refractivity contribution in [2.45, 2.75) is 182 Å². The van der Waals surface area contributed by atoms with Gasteiger partial charge in [0.15, 0.2) is 0 Å². The number of carbonyl (C=O) groups excluding carboxylic acids is 12. The van der Waals surface area contributed by atoms with Crippen molar-refractivity contribution >= 4 is 82.8 Å². The van der Waals surface area contributed by atoms with Gasteiger partial charge >= 0.3 is 11.9 Å². The highest BCUT2D eigenvalue weighted by Gasteiger charge is 2.35. The maximum absolute atomic E-state index is 13.5. The number of carboxylic acid groups (broad SMARTS) is 2. The van der Waals surface area contributed by atoms with E-state index in [4.69, 9.17) is 0 Å². The SMILES string of the molecule is CC[C@H](C)[C@H](NC(=O)[C@H](C)NC(=O)[C@H](CC(C)C)NC(=O)[C@@H]1CCCN1)C(=O)NCC(=O)N[C@H](C(=O)NCC(=O)N[C@H](C(=O)N[C@@H](C)C(=O)N[C@@H](CO)C(=O)N[C@@H](CC(=O)O)C(=O)NCC(=O)N[C@@H](CC(C)C)C(=O)O)C(C)C)C(C)C. The zero-order valence-electron chi connectivity index (χ0n) is 49.0. The molecule has 1 saturated heterocycles. The van der Waals surface area contributed by atoms with Crippen LogP contribution in [0, 0.1) is 29.6 Å². The van der Waals surface area contributed by atoms with E-state index in [0.29, 0.717) is 25.8 Å². The normalized spacial score (nSPS) is 16.7. The molecule has 82 heavy (non-hydrogen) atoms.